The lowest BCUT2D eigenvalue weighted by Gasteiger charge is -2.14. The second kappa shape index (κ2) is 16.8. The molecule has 322 valence electrons. The number of nitrogens with zero attached hydrogens (tertiary/aromatic N) is 8. The summed E-state index contributed by atoms with van der Waals surface area (Å²) in [6, 6.07) is 71.0. The van der Waals surface area contributed by atoms with E-state index in [9.17, 15) is 5.26 Å². The molecular formula is C62H34N8. The first-order chi connectivity index (χ1) is 34.5. The third-order valence-electron chi connectivity index (χ3n) is 13.0. The van der Waals surface area contributed by atoms with Gasteiger partial charge in [-0.3, -0.25) is 0 Å². The van der Waals surface area contributed by atoms with E-state index in [1.54, 1.807) is 54.6 Å². The summed E-state index contributed by atoms with van der Waals surface area (Å²) >= 11 is 0. The van der Waals surface area contributed by atoms with Crippen LogP contribution in [0.15, 0.2) is 206 Å². The van der Waals surface area contributed by atoms with Gasteiger partial charge in [0.05, 0.1) is 64.8 Å². The summed E-state index contributed by atoms with van der Waals surface area (Å²) in [6.07, 6.45) is 0. The average Bonchev–Trinajstić information content (AvgIpc) is 3.95. The summed E-state index contributed by atoms with van der Waals surface area (Å²) in [4.78, 5) is 20.9. The van der Waals surface area contributed by atoms with Crippen molar-refractivity contribution in [3.8, 4) is 73.6 Å². The molecule has 9 aromatic carbocycles. The molecule has 0 spiro atoms. The average molecular weight is 891 g/mol. The molecule has 3 heterocycles. The Morgan fingerprint density at radius 3 is 1.51 bits per heavy atom. The Morgan fingerprint density at radius 2 is 0.900 bits per heavy atom. The first-order valence-electron chi connectivity index (χ1n) is 22.5. The molecular weight excluding hydrogens is 857 g/mol. The molecule has 0 radical (unpaired) electrons. The lowest BCUT2D eigenvalue weighted by atomic mass is 9.94. The van der Waals surface area contributed by atoms with Gasteiger partial charge in [0.2, 0.25) is 0 Å². The molecule has 8 heteroatoms. The standard InChI is InChI=1S/C62H34N8/c1-64-45-14-10-12-42(32-45)55-37-57(68-62(67-55)43-13-11-15-46(33-43)65-2)53-36-56(66-3)52(34-44(53)38-63)41-24-22-39(23-25-41)40-26-28-47(29-27-40)69-60-21-9-6-18-51(60)54-35-48(30-31-61(54)69)70-58-19-7-4-16-49(58)50-17-5-8-20-59(50)70/h4-37H. The fourth-order valence-electron chi connectivity index (χ4n) is 9.75. The topological polar surface area (TPSA) is 72.5 Å². The van der Waals surface area contributed by atoms with Crippen LogP contribution in [-0.4, -0.2) is 19.1 Å². The quantitative estimate of drug-likeness (QED) is 0.150. The van der Waals surface area contributed by atoms with E-state index in [0.29, 0.717) is 62.1 Å². The molecule has 0 amide bonds. The summed E-state index contributed by atoms with van der Waals surface area (Å²) < 4.78 is 4.70. The molecule has 70 heavy (non-hydrogen) atoms. The van der Waals surface area contributed by atoms with Crippen LogP contribution in [0, 0.1) is 31.0 Å². The van der Waals surface area contributed by atoms with Crippen LogP contribution in [0.4, 0.5) is 17.1 Å². The minimum Gasteiger partial charge on any atom is -0.309 e. The zero-order valence-electron chi connectivity index (χ0n) is 37.2. The largest absolute Gasteiger partial charge is 0.309 e. The van der Waals surface area contributed by atoms with Crippen molar-refractivity contribution in [2.45, 2.75) is 0 Å². The predicted octanol–water partition coefficient (Wildman–Crippen LogP) is 16.5. The minimum atomic E-state index is 0.343. The van der Waals surface area contributed by atoms with E-state index < -0.39 is 0 Å². The van der Waals surface area contributed by atoms with Crippen molar-refractivity contribution < 1.29 is 0 Å². The lowest BCUT2D eigenvalue weighted by molar-refractivity contribution is 1.17. The molecule has 8 nitrogen and oxygen atoms in total. The molecule has 3 aromatic heterocycles. The third kappa shape index (κ3) is 6.90. The number of nitriles is 1. The second-order valence-corrected chi connectivity index (χ2v) is 17.0. The maximum absolute atomic E-state index is 10.6. The van der Waals surface area contributed by atoms with Gasteiger partial charge in [-0.05, 0) is 107 Å². The first kappa shape index (κ1) is 41.1. The number of para-hydroxylation sites is 3. The van der Waals surface area contributed by atoms with Crippen LogP contribution < -0.4 is 0 Å². The number of rotatable bonds is 7. The van der Waals surface area contributed by atoms with Gasteiger partial charge < -0.3 is 9.13 Å². The Balaban J connectivity index is 0.880. The molecule has 12 aromatic rings. The summed E-state index contributed by atoms with van der Waals surface area (Å²) in [5.41, 5.74) is 14.7. The first-order valence-corrected chi connectivity index (χ1v) is 22.5. The highest BCUT2D eigenvalue weighted by molar-refractivity contribution is 6.12. The van der Waals surface area contributed by atoms with Gasteiger partial charge in [0.25, 0.3) is 0 Å². The molecule has 0 aliphatic heterocycles. The summed E-state index contributed by atoms with van der Waals surface area (Å²) in [5, 5.41) is 15.4. The van der Waals surface area contributed by atoms with Gasteiger partial charge in [-0.25, -0.2) is 24.5 Å². The molecule has 0 fully saturated rings. The van der Waals surface area contributed by atoms with Crippen LogP contribution in [-0.2, 0) is 0 Å². The van der Waals surface area contributed by atoms with Crippen LogP contribution in [0.3, 0.4) is 0 Å². The maximum atomic E-state index is 10.6. The normalized spacial score (nSPS) is 11.1. The zero-order valence-corrected chi connectivity index (χ0v) is 37.2. The molecule has 12 rings (SSSR count). The van der Waals surface area contributed by atoms with Gasteiger partial charge in [-0.15, -0.1) is 0 Å². The summed E-state index contributed by atoms with van der Waals surface area (Å²) in [6.45, 7) is 23.4. The molecule has 0 saturated heterocycles. The molecule has 0 atom stereocenters. The van der Waals surface area contributed by atoms with Gasteiger partial charge in [0.15, 0.2) is 22.9 Å². The van der Waals surface area contributed by atoms with Crippen LogP contribution in [0.1, 0.15) is 5.56 Å². The van der Waals surface area contributed by atoms with Crippen molar-refractivity contribution in [1.29, 1.82) is 5.26 Å². The molecule has 0 saturated carbocycles. The molecule has 0 bridgehead atoms. The Hall–Kier alpha value is -10.4. The maximum Gasteiger partial charge on any atom is 0.195 e. The van der Waals surface area contributed by atoms with Gasteiger partial charge in [0.1, 0.15) is 0 Å². The van der Waals surface area contributed by atoms with Gasteiger partial charge in [-0.2, -0.15) is 5.26 Å². The number of hydrogen-bond donors (Lipinski definition) is 0. The SMILES string of the molecule is [C-]#[N+]c1cccc(-c2cc(-c3cc([N+]#[C-])c(-c4ccc(-c5ccc(-n6c7ccccc7c7cc(-n8c9ccccc9c9ccccc98)ccc76)cc5)cc4)cc3C#N)nc(-c3cccc([N+]#[C-])c3)n2)c1. The van der Waals surface area contributed by atoms with E-state index in [2.05, 4.69) is 145 Å². The van der Waals surface area contributed by atoms with E-state index >= 15 is 0 Å². The number of hydrogen-bond acceptors (Lipinski definition) is 3. The predicted molar refractivity (Wildman–Crippen MR) is 281 cm³/mol. The fraction of sp³-hybridized carbons (Fsp3) is 0. The highest BCUT2D eigenvalue weighted by Gasteiger charge is 2.20. The smallest absolute Gasteiger partial charge is 0.195 e. The Bertz CT molecular complexity index is 4150. The summed E-state index contributed by atoms with van der Waals surface area (Å²) in [5.74, 6) is 0.354. The number of aromatic nitrogens is 4. The molecule has 0 N–H and O–H groups in total. The Labute approximate surface area is 402 Å². The Kier molecular flexibility index (Phi) is 9.86. The van der Waals surface area contributed by atoms with E-state index in [1.165, 1.54) is 32.6 Å². The number of fused-ring (bicyclic) bond motifs is 6. The zero-order chi connectivity index (χ0) is 47.3. The van der Waals surface area contributed by atoms with E-state index in [1.807, 2.05) is 36.4 Å². The summed E-state index contributed by atoms with van der Waals surface area (Å²) in [7, 11) is 0. The van der Waals surface area contributed by atoms with E-state index in [4.69, 9.17) is 29.7 Å². The number of benzene rings is 9. The third-order valence-corrected chi connectivity index (χ3v) is 13.0. The highest BCUT2D eigenvalue weighted by Crippen LogP contribution is 2.41. The van der Waals surface area contributed by atoms with Crippen molar-refractivity contribution in [2.75, 3.05) is 0 Å². The van der Waals surface area contributed by atoms with Gasteiger partial charge in [0, 0.05) is 44.0 Å². The van der Waals surface area contributed by atoms with Gasteiger partial charge >= 0.3 is 0 Å². The van der Waals surface area contributed by atoms with Crippen molar-refractivity contribution >= 4 is 60.7 Å². The van der Waals surface area contributed by atoms with Crippen LogP contribution in [0.2, 0.25) is 0 Å². The second-order valence-electron chi connectivity index (χ2n) is 17.0. The van der Waals surface area contributed by atoms with Crippen LogP contribution in [0.5, 0.6) is 0 Å². The van der Waals surface area contributed by atoms with E-state index in [-0.39, 0.29) is 0 Å². The Morgan fingerprint density at radius 1 is 0.386 bits per heavy atom. The van der Waals surface area contributed by atoms with Gasteiger partial charge in [-0.1, -0.05) is 127 Å². The lowest BCUT2D eigenvalue weighted by Crippen LogP contribution is -1.97. The molecule has 0 unspecified atom stereocenters. The highest BCUT2D eigenvalue weighted by atomic mass is 15.0. The van der Waals surface area contributed by atoms with Crippen LogP contribution >= 0.6 is 0 Å². The fourth-order valence-corrected chi connectivity index (χ4v) is 9.75. The van der Waals surface area contributed by atoms with Crippen molar-refractivity contribution in [2.24, 2.45) is 0 Å². The molecule has 0 aliphatic carbocycles. The van der Waals surface area contributed by atoms with Crippen molar-refractivity contribution in [3.05, 3.63) is 246 Å². The molecule has 0 aliphatic rings. The monoisotopic (exact) mass is 890 g/mol. The van der Waals surface area contributed by atoms with Crippen LogP contribution in [0.25, 0.3) is 126 Å². The van der Waals surface area contributed by atoms with E-state index in [0.717, 1.165) is 39.1 Å². The van der Waals surface area contributed by atoms with Crippen molar-refractivity contribution in [3.63, 3.8) is 0 Å². The minimum absolute atomic E-state index is 0.343. The van der Waals surface area contributed by atoms with Crippen molar-refractivity contribution in [1.82, 2.24) is 19.1 Å².